The standard InChI is InChI=1S/C21H25N5OS/c1-27-14-6-4-5-13(11-14)24-20-18-15-7-2-3-8-17(15)28-21(18)26-19(25-20)16-12-22-9-10-23-16/h9-10,12-14H,2-8,11H2,1H3,(H,24,25,26). The van der Waals surface area contributed by atoms with Gasteiger partial charge in [-0.3, -0.25) is 4.98 Å². The van der Waals surface area contributed by atoms with Crippen molar-refractivity contribution in [3.8, 4) is 11.5 Å². The number of hydrogen-bond acceptors (Lipinski definition) is 7. The molecule has 2 aliphatic carbocycles. The second-order valence-corrected chi connectivity index (χ2v) is 8.83. The number of ether oxygens (including phenoxy) is 1. The Kier molecular flexibility index (Phi) is 4.94. The Morgan fingerprint density at radius 2 is 2.04 bits per heavy atom. The highest BCUT2D eigenvalue weighted by molar-refractivity contribution is 7.19. The maximum atomic E-state index is 5.63. The summed E-state index contributed by atoms with van der Waals surface area (Å²) in [6.45, 7) is 0. The Balaban J connectivity index is 1.59. The summed E-state index contributed by atoms with van der Waals surface area (Å²) in [5.74, 6) is 1.62. The highest BCUT2D eigenvalue weighted by Gasteiger charge is 2.26. The zero-order chi connectivity index (χ0) is 18.9. The molecule has 28 heavy (non-hydrogen) atoms. The quantitative estimate of drug-likeness (QED) is 0.706. The van der Waals surface area contributed by atoms with Crippen LogP contribution in [0.15, 0.2) is 18.6 Å². The van der Waals surface area contributed by atoms with Crippen molar-refractivity contribution in [3.05, 3.63) is 29.0 Å². The number of nitrogens with zero attached hydrogens (tertiary/aromatic N) is 4. The van der Waals surface area contributed by atoms with Crippen molar-refractivity contribution in [2.45, 2.75) is 63.5 Å². The van der Waals surface area contributed by atoms with Crippen LogP contribution in [0.2, 0.25) is 0 Å². The average molecular weight is 396 g/mol. The number of fused-ring (bicyclic) bond motifs is 3. The molecule has 0 radical (unpaired) electrons. The molecular formula is C21H25N5OS. The van der Waals surface area contributed by atoms with Crippen LogP contribution in [0.25, 0.3) is 21.7 Å². The summed E-state index contributed by atoms with van der Waals surface area (Å²) in [5, 5.41) is 4.99. The number of thiophene rings is 1. The van der Waals surface area contributed by atoms with E-state index in [1.54, 1.807) is 18.6 Å². The molecule has 3 aromatic heterocycles. The predicted molar refractivity (Wildman–Crippen MR) is 112 cm³/mol. The third kappa shape index (κ3) is 3.37. The van der Waals surface area contributed by atoms with Gasteiger partial charge in [0.2, 0.25) is 0 Å². The minimum absolute atomic E-state index is 0.333. The Labute approximate surface area is 168 Å². The SMILES string of the molecule is COC1CCCC(Nc2nc(-c3cnccn3)nc3sc4c(c23)CCCC4)C1. The van der Waals surface area contributed by atoms with Gasteiger partial charge >= 0.3 is 0 Å². The summed E-state index contributed by atoms with van der Waals surface area (Å²) in [4.78, 5) is 21.0. The van der Waals surface area contributed by atoms with Crippen molar-refractivity contribution in [1.82, 2.24) is 19.9 Å². The van der Waals surface area contributed by atoms with Crippen molar-refractivity contribution in [2.75, 3.05) is 12.4 Å². The van der Waals surface area contributed by atoms with Gasteiger partial charge in [-0.25, -0.2) is 15.0 Å². The smallest absolute Gasteiger partial charge is 0.183 e. The van der Waals surface area contributed by atoms with Crippen LogP contribution in [-0.2, 0) is 17.6 Å². The van der Waals surface area contributed by atoms with Gasteiger partial charge in [0.25, 0.3) is 0 Å². The second-order valence-electron chi connectivity index (χ2n) is 7.74. The summed E-state index contributed by atoms with van der Waals surface area (Å²) in [6, 6.07) is 0.380. The van der Waals surface area contributed by atoms with Crippen LogP contribution in [0.5, 0.6) is 0 Å². The molecule has 0 aliphatic heterocycles. The number of hydrogen-bond donors (Lipinski definition) is 1. The summed E-state index contributed by atoms with van der Waals surface area (Å²) in [5.41, 5.74) is 2.18. The Morgan fingerprint density at radius 3 is 2.89 bits per heavy atom. The highest BCUT2D eigenvalue weighted by Crippen LogP contribution is 2.40. The van der Waals surface area contributed by atoms with Gasteiger partial charge < -0.3 is 10.1 Å². The predicted octanol–water partition coefficient (Wildman–Crippen LogP) is 4.40. The Hall–Kier alpha value is -2.12. The average Bonchev–Trinajstić information content (AvgIpc) is 3.13. The number of methoxy groups -OCH3 is 1. The van der Waals surface area contributed by atoms with Crippen molar-refractivity contribution < 1.29 is 4.74 Å². The fraction of sp³-hybridized carbons (Fsp3) is 0.524. The van der Waals surface area contributed by atoms with Crippen molar-refractivity contribution >= 4 is 27.4 Å². The van der Waals surface area contributed by atoms with Crippen LogP contribution < -0.4 is 5.32 Å². The summed E-state index contributed by atoms with van der Waals surface area (Å²) >= 11 is 1.83. The molecule has 1 N–H and O–H groups in total. The fourth-order valence-corrected chi connectivity index (χ4v) is 5.74. The van der Waals surface area contributed by atoms with Crippen LogP contribution in [0.3, 0.4) is 0 Å². The zero-order valence-electron chi connectivity index (χ0n) is 16.1. The lowest BCUT2D eigenvalue weighted by molar-refractivity contribution is 0.0669. The van der Waals surface area contributed by atoms with E-state index in [2.05, 4.69) is 15.3 Å². The topological polar surface area (TPSA) is 72.8 Å². The molecule has 5 rings (SSSR count). The number of rotatable bonds is 4. The molecule has 7 heteroatoms. The molecule has 2 atom stereocenters. The zero-order valence-corrected chi connectivity index (χ0v) is 17.0. The lowest BCUT2D eigenvalue weighted by Gasteiger charge is -2.29. The van der Waals surface area contributed by atoms with Crippen LogP contribution >= 0.6 is 11.3 Å². The van der Waals surface area contributed by atoms with Gasteiger partial charge in [0.1, 0.15) is 16.3 Å². The van der Waals surface area contributed by atoms with Crippen LogP contribution in [-0.4, -0.2) is 39.2 Å². The lowest BCUT2D eigenvalue weighted by atomic mass is 9.92. The van der Waals surface area contributed by atoms with Gasteiger partial charge in [-0.1, -0.05) is 0 Å². The van der Waals surface area contributed by atoms with E-state index in [0.29, 0.717) is 18.0 Å². The number of aryl methyl sites for hydroxylation is 2. The third-order valence-electron chi connectivity index (χ3n) is 5.91. The molecule has 0 amide bonds. The first-order valence-corrected chi connectivity index (χ1v) is 11.0. The largest absolute Gasteiger partial charge is 0.381 e. The van der Waals surface area contributed by atoms with Gasteiger partial charge in [-0.05, 0) is 56.9 Å². The van der Waals surface area contributed by atoms with Crippen molar-refractivity contribution in [3.63, 3.8) is 0 Å². The molecule has 0 bridgehead atoms. The molecule has 3 aromatic rings. The van der Waals surface area contributed by atoms with Crippen LogP contribution in [0.1, 0.15) is 49.0 Å². The Morgan fingerprint density at radius 1 is 1.11 bits per heavy atom. The first-order valence-electron chi connectivity index (χ1n) is 10.2. The van der Waals surface area contributed by atoms with Gasteiger partial charge in [0, 0.05) is 30.4 Å². The maximum absolute atomic E-state index is 5.63. The van der Waals surface area contributed by atoms with Crippen LogP contribution in [0.4, 0.5) is 5.82 Å². The maximum Gasteiger partial charge on any atom is 0.183 e. The normalized spacial score (nSPS) is 22.2. The van der Waals surface area contributed by atoms with Gasteiger partial charge in [0.15, 0.2) is 5.82 Å². The molecular weight excluding hydrogens is 370 g/mol. The van der Waals surface area contributed by atoms with E-state index in [1.165, 1.54) is 35.1 Å². The molecule has 0 spiro atoms. The van der Waals surface area contributed by atoms with Crippen molar-refractivity contribution in [2.24, 2.45) is 0 Å². The molecule has 3 heterocycles. The summed E-state index contributed by atoms with van der Waals surface area (Å²) in [6.07, 6.45) is 14.7. The monoisotopic (exact) mass is 395 g/mol. The number of anilines is 1. The first kappa shape index (κ1) is 17.9. The Bertz CT molecular complexity index is 974. The van der Waals surface area contributed by atoms with Gasteiger partial charge in [0.05, 0.1) is 17.7 Å². The minimum Gasteiger partial charge on any atom is -0.381 e. The number of nitrogens with one attached hydrogen (secondary N) is 1. The van der Waals surface area contributed by atoms with E-state index < -0.39 is 0 Å². The molecule has 146 valence electrons. The minimum atomic E-state index is 0.333. The third-order valence-corrected chi connectivity index (χ3v) is 7.09. The summed E-state index contributed by atoms with van der Waals surface area (Å²) < 4.78 is 5.63. The molecule has 2 unspecified atom stereocenters. The van der Waals surface area contributed by atoms with Crippen LogP contribution in [0, 0.1) is 0 Å². The first-order chi connectivity index (χ1) is 13.8. The van der Waals surface area contributed by atoms with E-state index in [4.69, 9.17) is 14.7 Å². The fourth-order valence-electron chi connectivity index (χ4n) is 4.47. The van der Waals surface area contributed by atoms with Gasteiger partial charge in [-0.2, -0.15) is 0 Å². The lowest BCUT2D eigenvalue weighted by Crippen LogP contribution is -2.31. The number of aromatic nitrogens is 4. The van der Waals surface area contributed by atoms with E-state index in [-0.39, 0.29) is 0 Å². The van der Waals surface area contributed by atoms with E-state index in [1.807, 2.05) is 18.4 Å². The summed E-state index contributed by atoms with van der Waals surface area (Å²) in [7, 11) is 1.82. The molecule has 0 aromatic carbocycles. The molecule has 1 fully saturated rings. The van der Waals surface area contributed by atoms with E-state index >= 15 is 0 Å². The highest BCUT2D eigenvalue weighted by atomic mass is 32.1. The van der Waals surface area contributed by atoms with Gasteiger partial charge in [-0.15, -0.1) is 11.3 Å². The van der Waals surface area contributed by atoms with E-state index in [0.717, 1.165) is 48.4 Å². The van der Waals surface area contributed by atoms with Crippen molar-refractivity contribution in [1.29, 1.82) is 0 Å². The molecule has 0 saturated heterocycles. The second kappa shape index (κ2) is 7.72. The molecule has 1 saturated carbocycles. The molecule has 2 aliphatic rings. The molecule has 6 nitrogen and oxygen atoms in total. The van der Waals surface area contributed by atoms with E-state index in [9.17, 15) is 0 Å².